The average molecular weight is 563 g/mol. The standard InChI is InChI=1S/C24H17F3N4O5S2/c1-14-18-4-2-3-5-20(18)37-22(14)31(13-15-6-8-16(9-7-15)35-24(25,26)27)38(33,34)17-10-11-19(28-12-17)21-29-23(32)36-30-21/h2-12H,13H2,1H3,(H,29,30,32). The summed E-state index contributed by atoms with van der Waals surface area (Å²) in [6.07, 6.45) is -3.71. The molecule has 0 saturated heterocycles. The molecule has 5 aromatic rings. The first-order valence-corrected chi connectivity index (χ1v) is 13.1. The second kappa shape index (κ2) is 9.61. The van der Waals surface area contributed by atoms with Crippen molar-refractivity contribution < 1.29 is 30.8 Å². The largest absolute Gasteiger partial charge is 0.573 e. The molecule has 0 atom stereocenters. The smallest absolute Gasteiger partial charge is 0.406 e. The molecule has 2 aromatic carbocycles. The molecule has 0 amide bonds. The number of thiophene rings is 1. The summed E-state index contributed by atoms with van der Waals surface area (Å²) >= 11 is 1.28. The van der Waals surface area contributed by atoms with Crippen LogP contribution >= 0.6 is 11.3 Å². The number of aryl methyl sites for hydroxylation is 1. The highest BCUT2D eigenvalue weighted by Gasteiger charge is 2.32. The molecule has 196 valence electrons. The van der Waals surface area contributed by atoms with Gasteiger partial charge in [0.2, 0.25) is 5.82 Å². The van der Waals surface area contributed by atoms with E-state index in [2.05, 4.69) is 24.4 Å². The van der Waals surface area contributed by atoms with E-state index in [4.69, 9.17) is 0 Å². The van der Waals surface area contributed by atoms with Crippen molar-refractivity contribution in [3.63, 3.8) is 0 Å². The van der Waals surface area contributed by atoms with Crippen molar-refractivity contribution in [2.75, 3.05) is 4.31 Å². The number of pyridine rings is 1. The van der Waals surface area contributed by atoms with E-state index in [-0.39, 0.29) is 23.0 Å². The number of nitrogens with one attached hydrogen (secondary N) is 1. The molecule has 0 aliphatic rings. The van der Waals surface area contributed by atoms with E-state index < -0.39 is 27.9 Å². The Morgan fingerprint density at radius 2 is 1.82 bits per heavy atom. The zero-order valence-electron chi connectivity index (χ0n) is 19.4. The highest BCUT2D eigenvalue weighted by molar-refractivity contribution is 7.93. The monoisotopic (exact) mass is 562 g/mol. The molecule has 3 aromatic heterocycles. The topological polar surface area (TPSA) is 118 Å². The molecule has 3 heterocycles. The minimum atomic E-state index is -4.84. The van der Waals surface area contributed by atoms with Gasteiger partial charge in [-0.15, -0.1) is 24.5 Å². The molecule has 9 nitrogen and oxygen atoms in total. The first-order chi connectivity index (χ1) is 18.0. The third-order valence-corrected chi connectivity index (χ3v) is 8.68. The molecule has 0 bridgehead atoms. The Kier molecular flexibility index (Phi) is 6.44. The summed E-state index contributed by atoms with van der Waals surface area (Å²) in [5.41, 5.74) is 1.36. The summed E-state index contributed by atoms with van der Waals surface area (Å²) < 4.78 is 75.9. The van der Waals surface area contributed by atoms with Gasteiger partial charge in [-0.3, -0.25) is 18.8 Å². The molecule has 14 heteroatoms. The number of H-pyrrole nitrogens is 1. The van der Waals surface area contributed by atoms with Crippen molar-refractivity contribution in [3.05, 3.63) is 88.5 Å². The third kappa shape index (κ3) is 5.13. The number of halogens is 3. The van der Waals surface area contributed by atoms with E-state index in [1.807, 2.05) is 24.3 Å². The van der Waals surface area contributed by atoms with Gasteiger partial charge in [-0.1, -0.05) is 35.5 Å². The Balaban J connectivity index is 1.55. The SMILES string of the molecule is Cc1c(N(Cc2ccc(OC(F)(F)F)cc2)S(=O)(=O)c2ccc(-c3noc(=O)[nH]3)nc2)sc2ccccc12. The van der Waals surface area contributed by atoms with E-state index in [1.165, 1.54) is 39.9 Å². The van der Waals surface area contributed by atoms with Gasteiger partial charge < -0.3 is 4.74 Å². The highest BCUT2D eigenvalue weighted by Crippen LogP contribution is 2.40. The normalized spacial score (nSPS) is 12.1. The van der Waals surface area contributed by atoms with Crippen LogP contribution in [-0.2, 0) is 16.6 Å². The van der Waals surface area contributed by atoms with Crippen molar-refractivity contribution in [2.45, 2.75) is 24.7 Å². The van der Waals surface area contributed by atoms with E-state index in [0.29, 0.717) is 10.6 Å². The zero-order chi connectivity index (χ0) is 27.1. The van der Waals surface area contributed by atoms with E-state index in [9.17, 15) is 26.4 Å². The van der Waals surface area contributed by atoms with Crippen LogP contribution in [-0.4, -0.2) is 29.9 Å². The van der Waals surface area contributed by atoms with Crippen molar-refractivity contribution in [1.82, 2.24) is 15.1 Å². The van der Waals surface area contributed by atoms with Crippen molar-refractivity contribution >= 4 is 36.4 Å². The number of anilines is 1. The van der Waals surface area contributed by atoms with Gasteiger partial charge >= 0.3 is 12.1 Å². The van der Waals surface area contributed by atoms with Gasteiger partial charge in [-0.25, -0.2) is 13.2 Å². The number of hydrogen-bond donors (Lipinski definition) is 1. The van der Waals surface area contributed by atoms with Crippen LogP contribution in [0.1, 0.15) is 11.1 Å². The van der Waals surface area contributed by atoms with Crippen LogP contribution in [0.5, 0.6) is 5.75 Å². The summed E-state index contributed by atoms with van der Waals surface area (Å²) in [6.45, 7) is 1.64. The van der Waals surface area contributed by atoms with Gasteiger partial charge in [-0.2, -0.15) is 0 Å². The number of rotatable bonds is 7. The maximum atomic E-state index is 13.9. The number of sulfonamides is 1. The molecule has 0 unspecified atom stereocenters. The number of nitrogens with zero attached hydrogens (tertiary/aromatic N) is 3. The molecule has 0 radical (unpaired) electrons. The fraction of sp³-hybridized carbons (Fsp3) is 0.125. The van der Waals surface area contributed by atoms with E-state index >= 15 is 0 Å². The van der Waals surface area contributed by atoms with Crippen LogP contribution in [0.4, 0.5) is 18.2 Å². The number of alkyl halides is 3. The summed E-state index contributed by atoms with van der Waals surface area (Å²) in [7, 11) is -4.20. The number of fused-ring (bicyclic) bond motifs is 1. The Bertz CT molecular complexity index is 1760. The lowest BCUT2D eigenvalue weighted by molar-refractivity contribution is -0.274. The summed E-state index contributed by atoms with van der Waals surface area (Å²) in [5, 5.41) is 4.87. The molecular formula is C24H17F3N4O5S2. The number of aromatic nitrogens is 3. The number of benzene rings is 2. The zero-order valence-corrected chi connectivity index (χ0v) is 21.0. The molecule has 5 rings (SSSR count). The number of aromatic amines is 1. The second-order valence-corrected chi connectivity index (χ2v) is 10.9. The molecule has 0 spiro atoms. The van der Waals surface area contributed by atoms with Crippen molar-refractivity contribution in [2.24, 2.45) is 0 Å². The summed E-state index contributed by atoms with van der Waals surface area (Å²) in [6, 6.07) is 15.1. The lowest BCUT2D eigenvalue weighted by atomic mass is 10.2. The lowest BCUT2D eigenvalue weighted by Crippen LogP contribution is -2.30. The molecule has 0 aliphatic carbocycles. The Morgan fingerprint density at radius 3 is 2.42 bits per heavy atom. The third-order valence-electron chi connectivity index (χ3n) is 5.54. The minimum Gasteiger partial charge on any atom is -0.406 e. The Hall–Kier alpha value is -4.17. The molecule has 0 fully saturated rings. The van der Waals surface area contributed by atoms with Gasteiger partial charge in [-0.05, 0) is 53.8 Å². The van der Waals surface area contributed by atoms with Gasteiger partial charge in [0.05, 0.1) is 6.54 Å². The lowest BCUT2D eigenvalue weighted by Gasteiger charge is -2.24. The maximum Gasteiger partial charge on any atom is 0.573 e. The van der Waals surface area contributed by atoms with Crippen LogP contribution in [0.2, 0.25) is 0 Å². The first-order valence-electron chi connectivity index (χ1n) is 10.9. The van der Waals surface area contributed by atoms with Gasteiger partial charge in [0.15, 0.2) is 0 Å². The first kappa shape index (κ1) is 25.5. The molecular weight excluding hydrogens is 545 g/mol. The highest BCUT2D eigenvalue weighted by atomic mass is 32.2. The molecule has 0 saturated carbocycles. The van der Waals surface area contributed by atoms with Crippen LogP contribution in [0, 0.1) is 6.92 Å². The average Bonchev–Trinajstić information content (AvgIpc) is 3.46. The predicted molar refractivity (Wildman–Crippen MR) is 133 cm³/mol. The number of ether oxygens (including phenoxy) is 1. The molecule has 38 heavy (non-hydrogen) atoms. The van der Waals surface area contributed by atoms with Gasteiger partial charge in [0.1, 0.15) is 21.3 Å². The van der Waals surface area contributed by atoms with Crippen LogP contribution in [0.3, 0.4) is 0 Å². The number of hydrogen-bond acceptors (Lipinski definition) is 8. The van der Waals surface area contributed by atoms with E-state index in [1.54, 1.807) is 6.92 Å². The van der Waals surface area contributed by atoms with Crippen LogP contribution < -0.4 is 14.8 Å². The van der Waals surface area contributed by atoms with E-state index in [0.717, 1.165) is 34.0 Å². The van der Waals surface area contributed by atoms with Gasteiger partial charge in [0, 0.05) is 10.9 Å². The Labute approximate surface area is 217 Å². The van der Waals surface area contributed by atoms with Gasteiger partial charge in [0.25, 0.3) is 10.0 Å². The van der Waals surface area contributed by atoms with Crippen LogP contribution in [0.15, 0.2) is 81.1 Å². The quantitative estimate of drug-likeness (QED) is 0.288. The molecule has 1 N–H and O–H groups in total. The van der Waals surface area contributed by atoms with Crippen molar-refractivity contribution in [3.8, 4) is 17.3 Å². The summed E-state index contributed by atoms with van der Waals surface area (Å²) in [5.74, 6) is -1.16. The Morgan fingerprint density at radius 1 is 1.08 bits per heavy atom. The summed E-state index contributed by atoms with van der Waals surface area (Å²) in [4.78, 5) is 17.5. The van der Waals surface area contributed by atoms with Crippen LogP contribution in [0.25, 0.3) is 21.6 Å². The second-order valence-electron chi connectivity index (χ2n) is 8.05. The predicted octanol–water partition coefficient (Wildman–Crippen LogP) is 5.24. The fourth-order valence-corrected chi connectivity index (χ4v) is 6.64. The van der Waals surface area contributed by atoms with Crippen molar-refractivity contribution in [1.29, 1.82) is 0 Å². The minimum absolute atomic E-state index is 0.0392. The maximum absolute atomic E-state index is 13.9. The fourth-order valence-electron chi connectivity index (χ4n) is 3.77. The molecule has 0 aliphatic heterocycles.